The Hall–Kier alpha value is -1.55. The number of carbonyl (C=O) groups excluding carboxylic acids is 1. The van der Waals surface area contributed by atoms with Crippen LogP contribution in [-0.4, -0.2) is 41.7 Å². The Morgan fingerprint density at radius 1 is 1.50 bits per heavy atom. The Morgan fingerprint density at radius 3 is 2.78 bits per heavy atom. The third kappa shape index (κ3) is 2.48. The number of likely N-dealkylation sites (tertiary alicyclic amines) is 1. The molecule has 1 unspecified atom stereocenters. The molecule has 0 aliphatic carbocycles. The molecule has 1 aromatic rings. The molecule has 4 heteroatoms. The Labute approximate surface area is 108 Å². The Morgan fingerprint density at radius 2 is 2.22 bits per heavy atom. The predicted molar refractivity (Wildman–Crippen MR) is 71.9 cm³/mol. The first-order chi connectivity index (χ1) is 8.43. The van der Waals surface area contributed by atoms with Gasteiger partial charge in [0.1, 0.15) is 0 Å². The lowest BCUT2D eigenvalue weighted by Gasteiger charge is -2.20. The van der Waals surface area contributed by atoms with Crippen LogP contribution >= 0.6 is 0 Å². The van der Waals surface area contributed by atoms with Gasteiger partial charge in [0.05, 0.1) is 11.2 Å². The monoisotopic (exact) mass is 248 g/mol. The van der Waals surface area contributed by atoms with Gasteiger partial charge < -0.3 is 15.3 Å². The second-order valence-corrected chi connectivity index (χ2v) is 5.27. The van der Waals surface area contributed by atoms with Gasteiger partial charge in [-0.2, -0.15) is 0 Å². The van der Waals surface area contributed by atoms with Gasteiger partial charge in [-0.15, -0.1) is 0 Å². The topological polar surface area (TPSA) is 52.6 Å². The molecule has 98 valence electrons. The maximum atomic E-state index is 12.4. The summed E-state index contributed by atoms with van der Waals surface area (Å²) in [7, 11) is 1.81. The molecular weight excluding hydrogens is 228 g/mol. The predicted octanol–water partition coefficient (Wildman–Crippen LogP) is 1.63. The lowest BCUT2D eigenvalue weighted by molar-refractivity contribution is 0.0572. The van der Waals surface area contributed by atoms with Crippen molar-refractivity contribution in [2.45, 2.75) is 25.9 Å². The van der Waals surface area contributed by atoms with Crippen molar-refractivity contribution in [3.05, 3.63) is 29.3 Å². The molecule has 1 aliphatic rings. The molecule has 0 saturated carbocycles. The molecule has 2 rings (SSSR count). The molecule has 0 bridgehead atoms. The summed E-state index contributed by atoms with van der Waals surface area (Å²) in [6, 6.07) is 5.74. The first-order valence-corrected chi connectivity index (χ1v) is 6.23. The average Bonchev–Trinajstić information content (AvgIpc) is 2.68. The van der Waals surface area contributed by atoms with E-state index >= 15 is 0 Å². The number of nitrogens with one attached hydrogen (secondary N) is 1. The number of rotatable bonds is 2. The number of amides is 1. The molecule has 0 radical (unpaired) electrons. The number of nitrogens with zero attached hydrogens (tertiary/aromatic N) is 1. The number of aliphatic hydroxyl groups is 1. The molecule has 1 amide bonds. The van der Waals surface area contributed by atoms with Crippen molar-refractivity contribution in [1.29, 1.82) is 0 Å². The van der Waals surface area contributed by atoms with E-state index in [0.717, 1.165) is 11.3 Å². The standard InChI is InChI=1S/C14H20N2O2/c1-10-4-5-11(12(8-10)15-3)13(17)16-7-6-14(2,18)9-16/h4-5,8,15,18H,6-7,9H2,1-3H3. The quantitative estimate of drug-likeness (QED) is 0.836. The van der Waals surface area contributed by atoms with E-state index in [9.17, 15) is 9.90 Å². The first-order valence-electron chi connectivity index (χ1n) is 6.23. The maximum Gasteiger partial charge on any atom is 0.256 e. The molecule has 0 aromatic heterocycles. The van der Waals surface area contributed by atoms with E-state index < -0.39 is 5.60 Å². The van der Waals surface area contributed by atoms with Crippen LogP contribution in [0.5, 0.6) is 0 Å². The van der Waals surface area contributed by atoms with Gasteiger partial charge in [0, 0.05) is 25.8 Å². The fourth-order valence-electron chi connectivity index (χ4n) is 2.34. The van der Waals surface area contributed by atoms with Gasteiger partial charge in [0.15, 0.2) is 0 Å². The van der Waals surface area contributed by atoms with E-state index in [1.807, 2.05) is 32.2 Å². The van der Waals surface area contributed by atoms with Crippen molar-refractivity contribution in [2.24, 2.45) is 0 Å². The first kappa shape index (κ1) is 12.9. The van der Waals surface area contributed by atoms with E-state index in [0.29, 0.717) is 25.1 Å². The highest BCUT2D eigenvalue weighted by Crippen LogP contribution is 2.25. The van der Waals surface area contributed by atoms with Gasteiger partial charge in [-0.1, -0.05) is 6.07 Å². The lowest BCUT2D eigenvalue weighted by atomic mass is 10.1. The highest BCUT2D eigenvalue weighted by atomic mass is 16.3. The molecule has 4 nitrogen and oxygen atoms in total. The van der Waals surface area contributed by atoms with E-state index in [1.165, 1.54) is 0 Å². The van der Waals surface area contributed by atoms with Crippen LogP contribution in [0, 0.1) is 6.92 Å². The van der Waals surface area contributed by atoms with E-state index in [1.54, 1.807) is 11.8 Å². The summed E-state index contributed by atoms with van der Waals surface area (Å²) in [5.41, 5.74) is 1.87. The van der Waals surface area contributed by atoms with Gasteiger partial charge in [-0.3, -0.25) is 4.79 Å². The zero-order valence-corrected chi connectivity index (χ0v) is 11.2. The molecular formula is C14H20N2O2. The van der Waals surface area contributed by atoms with E-state index in [4.69, 9.17) is 0 Å². The molecule has 1 fully saturated rings. The summed E-state index contributed by atoms with van der Waals surface area (Å²) in [4.78, 5) is 14.1. The largest absolute Gasteiger partial charge is 0.388 e. The van der Waals surface area contributed by atoms with Crippen LogP contribution < -0.4 is 5.32 Å². The smallest absolute Gasteiger partial charge is 0.256 e. The van der Waals surface area contributed by atoms with E-state index in [-0.39, 0.29) is 5.91 Å². The van der Waals surface area contributed by atoms with Crippen LogP contribution in [-0.2, 0) is 0 Å². The summed E-state index contributed by atoms with van der Waals surface area (Å²) in [6.07, 6.45) is 0.638. The number of carbonyl (C=O) groups is 1. The van der Waals surface area contributed by atoms with Crippen molar-refractivity contribution in [3.63, 3.8) is 0 Å². The molecule has 1 aromatic carbocycles. The number of aryl methyl sites for hydroxylation is 1. The fraction of sp³-hybridized carbons (Fsp3) is 0.500. The third-order valence-electron chi connectivity index (χ3n) is 3.41. The molecule has 1 atom stereocenters. The van der Waals surface area contributed by atoms with Gasteiger partial charge in [0.25, 0.3) is 5.91 Å². The lowest BCUT2D eigenvalue weighted by Crippen LogP contribution is -2.34. The van der Waals surface area contributed by atoms with Crippen LogP contribution in [0.4, 0.5) is 5.69 Å². The highest BCUT2D eigenvalue weighted by Gasteiger charge is 2.34. The molecule has 18 heavy (non-hydrogen) atoms. The number of β-amino-alcohol motifs (C(OH)–C–C–N with tert-alkyl or cyclic N) is 1. The third-order valence-corrected chi connectivity index (χ3v) is 3.41. The van der Waals surface area contributed by atoms with Gasteiger partial charge >= 0.3 is 0 Å². The normalized spacial score (nSPS) is 23.2. The zero-order valence-electron chi connectivity index (χ0n) is 11.2. The second-order valence-electron chi connectivity index (χ2n) is 5.27. The molecule has 1 saturated heterocycles. The number of hydrogen-bond acceptors (Lipinski definition) is 3. The second kappa shape index (κ2) is 4.61. The SMILES string of the molecule is CNc1cc(C)ccc1C(=O)N1CCC(C)(O)C1. The van der Waals surface area contributed by atoms with Gasteiger partial charge in [-0.05, 0) is 38.0 Å². The number of anilines is 1. The fourth-order valence-corrected chi connectivity index (χ4v) is 2.34. The summed E-state index contributed by atoms with van der Waals surface area (Å²) >= 11 is 0. The minimum atomic E-state index is -0.750. The summed E-state index contributed by atoms with van der Waals surface area (Å²) < 4.78 is 0. The zero-order chi connectivity index (χ0) is 13.3. The summed E-state index contributed by atoms with van der Waals surface area (Å²) in [6.45, 7) is 4.79. The number of hydrogen-bond donors (Lipinski definition) is 2. The maximum absolute atomic E-state index is 12.4. The van der Waals surface area contributed by atoms with Gasteiger partial charge in [-0.25, -0.2) is 0 Å². The van der Waals surface area contributed by atoms with Crippen molar-refractivity contribution in [3.8, 4) is 0 Å². The van der Waals surface area contributed by atoms with Gasteiger partial charge in [0.2, 0.25) is 0 Å². The molecule has 2 N–H and O–H groups in total. The van der Waals surface area contributed by atoms with Crippen molar-refractivity contribution in [1.82, 2.24) is 4.90 Å². The Kier molecular flexibility index (Phi) is 3.30. The highest BCUT2D eigenvalue weighted by molar-refractivity contribution is 5.99. The minimum absolute atomic E-state index is 0.0166. The average molecular weight is 248 g/mol. The summed E-state index contributed by atoms with van der Waals surface area (Å²) in [5.74, 6) is -0.0166. The Bertz CT molecular complexity index is 469. The van der Waals surface area contributed by atoms with Crippen LogP contribution in [0.25, 0.3) is 0 Å². The van der Waals surface area contributed by atoms with Crippen LogP contribution in [0.2, 0.25) is 0 Å². The molecule has 1 aliphatic heterocycles. The number of benzene rings is 1. The summed E-state index contributed by atoms with van der Waals surface area (Å²) in [5, 5.41) is 13.0. The molecule has 0 spiro atoms. The van der Waals surface area contributed by atoms with Crippen LogP contribution in [0.15, 0.2) is 18.2 Å². The van der Waals surface area contributed by atoms with Crippen LogP contribution in [0.3, 0.4) is 0 Å². The van der Waals surface area contributed by atoms with Crippen molar-refractivity contribution >= 4 is 11.6 Å². The Balaban J connectivity index is 2.24. The van der Waals surface area contributed by atoms with E-state index in [2.05, 4.69) is 5.32 Å². The van der Waals surface area contributed by atoms with Crippen LogP contribution in [0.1, 0.15) is 29.3 Å². The molecule has 1 heterocycles. The van der Waals surface area contributed by atoms with Crippen molar-refractivity contribution in [2.75, 3.05) is 25.5 Å². The van der Waals surface area contributed by atoms with Crippen molar-refractivity contribution < 1.29 is 9.90 Å². The minimum Gasteiger partial charge on any atom is -0.388 e.